The van der Waals surface area contributed by atoms with Crippen LogP contribution in [0.25, 0.3) is 0 Å². The molecule has 0 aromatic heterocycles. The highest BCUT2D eigenvalue weighted by atomic mass is 32.2. The van der Waals surface area contributed by atoms with Crippen LogP contribution in [0.2, 0.25) is 0 Å². The largest absolute Gasteiger partial charge is 0.486 e. The Morgan fingerprint density at radius 2 is 1.67 bits per heavy atom. The quantitative estimate of drug-likeness (QED) is 0.735. The standard InChI is InChI=1S/C20H22N2O7S/c23-20(14-29-16-3-6-18-19(13-16)28-12-11-27-18)21-15-1-4-17(5-2-15)30(24,25)22-7-9-26-10-8-22/h1-6,13H,7-12,14H2,(H,21,23). The number of carbonyl (C=O) groups excluding carboxylic acids is 1. The summed E-state index contributed by atoms with van der Waals surface area (Å²) in [6.07, 6.45) is 0. The minimum absolute atomic E-state index is 0.176. The molecule has 2 aliphatic rings. The van der Waals surface area contributed by atoms with Crippen molar-refractivity contribution in [2.75, 3.05) is 51.4 Å². The number of hydrogen-bond acceptors (Lipinski definition) is 7. The highest BCUT2D eigenvalue weighted by molar-refractivity contribution is 7.89. The molecule has 0 saturated carbocycles. The average Bonchev–Trinajstić information content (AvgIpc) is 2.78. The van der Waals surface area contributed by atoms with Gasteiger partial charge in [-0.05, 0) is 36.4 Å². The minimum Gasteiger partial charge on any atom is -0.486 e. The Balaban J connectivity index is 1.32. The number of carbonyl (C=O) groups is 1. The van der Waals surface area contributed by atoms with E-state index in [1.54, 1.807) is 30.3 Å². The first-order chi connectivity index (χ1) is 14.5. The maximum Gasteiger partial charge on any atom is 0.262 e. The van der Waals surface area contributed by atoms with E-state index in [4.69, 9.17) is 18.9 Å². The van der Waals surface area contributed by atoms with Crippen molar-refractivity contribution in [1.82, 2.24) is 4.31 Å². The van der Waals surface area contributed by atoms with Crippen LogP contribution in [0.3, 0.4) is 0 Å². The topological polar surface area (TPSA) is 103 Å². The Morgan fingerprint density at radius 3 is 2.40 bits per heavy atom. The maximum atomic E-state index is 12.6. The van der Waals surface area contributed by atoms with Gasteiger partial charge in [0.25, 0.3) is 5.91 Å². The summed E-state index contributed by atoms with van der Waals surface area (Å²) in [6, 6.07) is 11.2. The molecule has 1 N–H and O–H groups in total. The molecule has 0 unspecified atom stereocenters. The molecule has 1 amide bonds. The molecule has 2 aromatic rings. The Bertz CT molecular complexity index is 1000. The Labute approximate surface area is 174 Å². The van der Waals surface area contributed by atoms with Crippen molar-refractivity contribution in [2.45, 2.75) is 4.90 Å². The predicted octanol–water partition coefficient (Wildman–Crippen LogP) is 1.50. The van der Waals surface area contributed by atoms with Gasteiger partial charge in [-0.1, -0.05) is 0 Å². The van der Waals surface area contributed by atoms with E-state index in [1.165, 1.54) is 16.4 Å². The number of benzene rings is 2. The Morgan fingerprint density at radius 1 is 0.967 bits per heavy atom. The van der Waals surface area contributed by atoms with Crippen LogP contribution >= 0.6 is 0 Å². The van der Waals surface area contributed by atoms with Crippen molar-refractivity contribution in [3.63, 3.8) is 0 Å². The number of anilines is 1. The van der Waals surface area contributed by atoms with Gasteiger partial charge in [0.05, 0.1) is 18.1 Å². The van der Waals surface area contributed by atoms with Crippen LogP contribution in [0, 0.1) is 0 Å². The third-order valence-electron chi connectivity index (χ3n) is 4.63. The molecule has 1 saturated heterocycles. The number of amides is 1. The van der Waals surface area contributed by atoms with E-state index in [0.29, 0.717) is 62.5 Å². The first kappa shape index (κ1) is 20.5. The van der Waals surface area contributed by atoms with Crippen LogP contribution in [-0.4, -0.2) is 64.8 Å². The molecule has 0 spiro atoms. The minimum atomic E-state index is -3.57. The van der Waals surface area contributed by atoms with Crippen LogP contribution in [0.5, 0.6) is 17.2 Å². The number of nitrogens with zero attached hydrogens (tertiary/aromatic N) is 1. The summed E-state index contributed by atoms with van der Waals surface area (Å²) in [5.74, 6) is 1.34. The zero-order chi connectivity index (χ0) is 21.0. The molecule has 2 aliphatic heterocycles. The van der Waals surface area contributed by atoms with Gasteiger partial charge in [-0.15, -0.1) is 0 Å². The van der Waals surface area contributed by atoms with Crippen LogP contribution in [0.15, 0.2) is 47.4 Å². The van der Waals surface area contributed by atoms with Gasteiger partial charge in [0, 0.05) is 24.8 Å². The van der Waals surface area contributed by atoms with Gasteiger partial charge in [-0.2, -0.15) is 4.31 Å². The molecule has 0 bridgehead atoms. The molecule has 9 nitrogen and oxygen atoms in total. The van der Waals surface area contributed by atoms with Gasteiger partial charge in [-0.3, -0.25) is 4.79 Å². The lowest BCUT2D eigenvalue weighted by Gasteiger charge is -2.26. The van der Waals surface area contributed by atoms with Gasteiger partial charge in [0.2, 0.25) is 10.0 Å². The summed E-state index contributed by atoms with van der Waals surface area (Å²) >= 11 is 0. The van der Waals surface area contributed by atoms with Crippen molar-refractivity contribution < 1.29 is 32.2 Å². The molecule has 1 fully saturated rings. The number of morpholine rings is 1. The fourth-order valence-corrected chi connectivity index (χ4v) is 4.51. The predicted molar refractivity (Wildman–Crippen MR) is 108 cm³/mol. The van der Waals surface area contributed by atoms with Crippen LogP contribution < -0.4 is 19.5 Å². The average molecular weight is 434 g/mol. The number of fused-ring (bicyclic) bond motifs is 1. The first-order valence-corrected chi connectivity index (χ1v) is 11.0. The smallest absolute Gasteiger partial charge is 0.262 e. The van der Waals surface area contributed by atoms with E-state index < -0.39 is 10.0 Å². The zero-order valence-electron chi connectivity index (χ0n) is 16.2. The summed E-state index contributed by atoms with van der Waals surface area (Å²) in [5, 5.41) is 2.68. The number of ether oxygens (including phenoxy) is 4. The van der Waals surface area contributed by atoms with Crippen LogP contribution in [0.4, 0.5) is 5.69 Å². The molecular formula is C20H22N2O7S. The highest BCUT2D eigenvalue weighted by Crippen LogP contribution is 2.33. The van der Waals surface area contributed by atoms with E-state index in [1.807, 2.05) is 0 Å². The second-order valence-corrected chi connectivity index (χ2v) is 8.62. The molecule has 160 valence electrons. The Kier molecular flexibility index (Phi) is 6.07. The SMILES string of the molecule is O=C(COc1ccc2c(c1)OCCO2)Nc1ccc(S(=O)(=O)N2CCOCC2)cc1. The normalized spacial score (nSPS) is 16.7. The van der Waals surface area contributed by atoms with E-state index >= 15 is 0 Å². The third kappa shape index (κ3) is 4.66. The van der Waals surface area contributed by atoms with Crippen molar-refractivity contribution in [1.29, 1.82) is 0 Å². The molecule has 0 radical (unpaired) electrons. The van der Waals surface area contributed by atoms with E-state index in [2.05, 4.69) is 5.32 Å². The number of hydrogen-bond donors (Lipinski definition) is 1. The molecule has 0 atom stereocenters. The van der Waals surface area contributed by atoms with Gasteiger partial charge >= 0.3 is 0 Å². The summed E-state index contributed by atoms with van der Waals surface area (Å²) in [7, 11) is -3.57. The summed E-state index contributed by atoms with van der Waals surface area (Å²) in [4.78, 5) is 12.3. The first-order valence-electron chi connectivity index (χ1n) is 9.53. The monoisotopic (exact) mass is 434 g/mol. The second-order valence-electron chi connectivity index (χ2n) is 6.68. The highest BCUT2D eigenvalue weighted by Gasteiger charge is 2.26. The van der Waals surface area contributed by atoms with Crippen molar-refractivity contribution >= 4 is 21.6 Å². The van der Waals surface area contributed by atoms with E-state index in [9.17, 15) is 13.2 Å². The number of rotatable bonds is 6. The summed E-state index contributed by atoms with van der Waals surface area (Å²) in [5.41, 5.74) is 0.478. The number of sulfonamides is 1. The van der Waals surface area contributed by atoms with E-state index in [0.717, 1.165) is 0 Å². The van der Waals surface area contributed by atoms with Gasteiger partial charge < -0.3 is 24.3 Å². The fourth-order valence-electron chi connectivity index (χ4n) is 3.11. The molecule has 2 heterocycles. The molecular weight excluding hydrogens is 412 g/mol. The van der Waals surface area contributed by atoms with Gasteiger partial charge in [-0.25, -0.2) is 8.42 Å². The lowest BCUT2D eigenvalue weighted by Crippen LogP contribution is -2.40. The molecule has 10 heteroatoms. The van der Waals surface area contributed by atoms with Gasteiger partial charge in [0.1, 0.15) is 19.0 Å². The van der Waals surface area contributed by atoms with E-state index in [-0.39, 0.29) is 17.4 Å². The number of nitrogens with one attached hydrogen (secondary N) is 1. The van der Waals surface area contributed by atoms with Crippen molar-refractivity contribution in [2.24, 2.45) is 0 Å². The fraction of sp³-hybridized carbons (Fsp3) is 0.350. The van der Waals surface area contributed by atoms with Crippen LogP contribution in [0.1, 0.15) is 0 Å². The van der Waals surface area contributed by atoms with Crippen molar-refractivity contribution in [3.05, 3.63) is 42.5 Å². The van der Waals surface area contributed by atoms with Gasteiger partial charge in [0.15, 0.2) is 18.1 Å². The zero-order valence-corrected chi connectivity index (χ0v) is 17.0. The lowest BCUT2D eigenvalue weighted by molar-refractivity contribution is -0.118. The summed E-state index contributed by atoms with van der Waals surface area (Å²) < 4.78 is 48.3. The summed E-state index contributed by atoms with van der Waals surface area (Å²) in [6.45, 7) is 2.20. The maximum absolute atomic E-state index is 12.6. The second kappa shape index (κ2) is 8.90. The molecule has 4 rings (SSSR count). The van der Waals surface area contributed by atoms with Crippen molar-refractivity contribution in [3.8, 4) is 17.2 Å². The lowest BCUT2D eigenvalue weighted by atomic mass is 10.3. The molecule has 0 aliphatic carbocycles. The molecule has 30 heavy (non-hydrogen) atoms. The third-order valence-corrected chi connectivity index (χ3v) is 6.54. The van der Waals surface area contributed by atoms with Crippen LogP contribution in [-0.2, 0) is 19.6 Å². The molecule has 2 aromatic carbocycles. The Hall–Kier alpha value is -2.82.